The van der Waals surface area contributed by atoms with Gasteiger partial charge in [-0.25, -0.2) is 4.79 Å². The van der Waals surface area contributed by atoms with Crippen LogP contribution in [0.4, 0.5) is 4.79 Å². The molecule has 0 saturated heterocycles. The Morgan fingerprint density at radius 1 is 1.45 bits per heavy atom. The number of phenols is 1. The van der Waals surface area contributed by atoms with E-state index in [2.05, 4.69) is 5.32 Å². The minimum absolute atomic E-state index is 0.0101. The Kier molecular flexibility index (Phi) is 5.21. The Morgan fingerprint density at radius 2 is 2.10 bits per heavy atom. The van der Waals surface area contributed by atoms with Crippen LogP contribution in [0.25, 0.3) is 0 Å². The SMILES string of the molecule is COc1ccc(C(CN)NC(=O)OC(C)(C)C)c(O)c1. The van der Waals surface area contributed by atoms with Crippen LogP contribution in [0.5, 0.6) is 11.5 Å². The van der Waals surface area contributed by atoms with Crippen LogP contribution in [-0.2, 0) is 4.74 Å². The van der Waals surface area contributed by atoms with E-state index >= 15 is 0 Å². The molecule has 20 heavy (non-hydrogen) atoms. The van der Waals surface area contributed by atoms with Crippen LogP contribution in [0.3, 0.4) is 0 Å². The number of hydrogen-bond acceptors (Lipinski definition) is 5. The monoisotopic (exact) mass is 282 g/mol. The summed E-state index contributed by atoms with van der Waals surface area (Å²) in [6.07, 6.45) is -0.580. The Hall–Kier alpha value is -1.95. The second-order valence-corrected chi connectivity index (χ2v) is 5.36. The van der Waals surface area contributed by atoms with Gasteiger partial charge in [0.25, 0.3) is 0 Å². The van der Waals surface area contributed by atoms with E-state index < -0.39 is 17.7 Å². The predicted molar refractivity (Wildman–Crippen MR) is 75.8 cm³/mol. The molecule has 1 atom stereocenters. The maximum atomic E-state index is 11.7. The first-order valence-corrected chi connectivity index (χ1v) is 6.33. The van der Waals surface area contributed by atoms with Gasteiger partial charge in [-0.2, -0.15) is 0 Å². The van der Waals surface area contributed by atoms with E-state index in [0.29, 0.717) is 11.3 Å². The largest absolute Gasteiger partial charge is 0.507 e. The van der Waals surface area contributed by atoms with Crippen molar-refractivity contribution < 1.29 is 19.4 Å². The number of nitrogens with two attached hydrogens (primary N) is 1. The number of phenolic OH excluding ortho intramolecular Hbond substituents is 1. The summed E-state index contributed by atoms with van der Waals surface area (Å²) in [6.45, 7) is 5.46. The van der Waals surface area contributed by atoms with Gasteiger partial charge in [-0.3, -0.25) is 0 Å². The van der Waals surface area contributed by atoms with Crippen molar-refractivity contribution in [3.8, 4) is 11.5 Å². The molecule has 1 unspecified atom stereocenters. The summed E-state index contributed by atoms with van der Waals surface area (Å²) < 4.78 is 10.2. The van der Waals surface area contributed by atoms with Gasteiger partial charge in [-0.1, -0.05) is 0 Å². The lowest BCUT2D eigenvalue weighted by Crippen LogP contribution is -2.37. The van der Waals surface area contributed by atoms with Gasteiger partial charge in [0.05, 0.1) is 13.2 Å². The molecule has 0 spiro atoms. The average molecular weight is 282 g/mol. The maximum absolute atomic E-state index is 11.7. The first-order valence-electron chi connectivity index (χ1n) is 6.33. The van der Waals surface area contributed by atoms with Gasteiger partial charge in [0, 0.05) is 18.2 Å². The third-order valence-electron chi connectivity index (χ3n) is 2.54. The molecule has 6 heteroatoms. The number of rotatable bonds is 4. The first-order chi connectivity index (χ1) is 9.26. The Morgan fingerprint density at radius 3 is 2.55 bits per heavy atom. The highest BCUT2D eigenvalue weighted by Crippen LogP contribution is 2.28. The number of carbonyl (C=O) groups is 1. The molecule has 1 aromatic carbocycles. The van der Waals surface area contributed by atoms with Crippen molar-refractivity contribution in [1.29, 1.82) is 0 Å². The van der Waals surface area contributed by atoms with Gasteiger partial charge < -0.3 is 25.6 Å². The quantitative estimate of drug-likeness (QED) is 0.784. The molecular formula is C14H22N2O4. The molecule has 0 radical (unpaired) electrons. The third kappa shape index (κ3) is 4.62. The van der Waals surface area contributed by atoms with E-state index in [1.807, 2.05) is 0 Å². The number of ether oxygens (including phenoxy) is 2. The summed E-state index contributed by atoms with van der Waals surface area (Å²) in [4.78, 5) is 11.7. The van der Waals surface area contributed by atoms with Crippen molar-refractivity contribution in [2.24, 2.45) is 5.73 Å². The van der Waals surface area contributed by atoms with Crippen LogP contribution in [-0.4, -0.2) is 30.5 Å². The minimum atomic E-state index is -0.592. The topological polar surface area (TPSA) is 93.8 Å². The van der Waals surface area contributed by atoms with Crippen LogP contribution in [0.2, 0.25) is 0 Å². The Bertz CT molecular complexity index is 469. The number of carbonyl (C=O) groups excluding carboxylic acids is 1. The zero-order chi connectivity index (χ0) is 15.3. The summed E-state index contributed by atoms with van der Waals surface area (Å²) in [5, 5.41) is 12.6. The van der Waals surface area contributed by atoms with Crippen LogP contribution >= 0.6 is 0 Å². The van der Waals surface area contributed by atoms with E-state index in [-0.39, 0.29) is 12.3 Å². The Labute approximate surface area is 118 Å². The lowest BCUT2D eigenvalue weighted by molar-refractivity contribution is 0.0505. The molecule has 0 aliphatic rings. The van der Waals surface area contributed by atoms with Gasteiger partial charge in [-0.05, 0) is 32.9 Å². The summed E-state index contributed by atoms with van der Waals surface area (Å²) in [5.74, 6) is 0.537. The van der Waals surface area contributed by atoms with E-state index in [0.717, 1.165) is 0 Å². The van der Waals surface area contributed by atoms with E-state index in [1.165, 1.54) is 13.2 Å². The highest BCUT2D eigenvalue weighted by molar-refractivity contribution is 5.68. The fraction of sp³-hybridized carbons (Fsp3) is 0.500. The van der Waals surface area contributed by atoms with Crippen molar-refractivity contribution >= 4 is 6.09 Å². The number of aromatic hydroxyl groups is 1. The first kappa shape index (κ1) is 16.1. The van der Waals surface area contributed by atoms with Gasteiger partial charge >= 0.3 is 6.09 Å². The lowest BCUT2D eigenvalue weighted by atomic mass is 10.1. The smallest absolute Gasteiger partial charge is 0.408 e. The molecule has 0 aromatic heterocycles. The zero-order valence-electron chi connectivity index (χ0n) is 12.3. The molecule has 1 rings (SSSR count). The van der Waals surface area contributed by atoms with E-state index in [1.54, 1.807) is 32.9 Å². The molecular weight excluding hydrogens is 260 g/mol. The molecule has 6 nitrogen and oxygen atoms in total. The Balaban J connectivity index is 2.83. The number of nitrogens with one attached hydrogen (secondary N) is 1. The fourth-order valence-corrected chi connectivity index (χ4v) is 1.66. The second kappa shape index (κ2) is 6.47. The number of alkyl carbamates (subject to hydrolysis) is 1. The minimum Gasteiger partial charge on any atom is -0.507 e. The highest BCUT2D eigenvalue weighted by Gasteiger charge is 2.21. The molecule has 0 aliphatic heterocycles. The molecule has 112 valence electrons. The molecule has 1 aromatic rings. The average Bonchev–Trinajstić information content (AvgIpc) is 2.34. The number of methoxy groups -OCH3 is 1. The van der Waals surface area contributed by atoms with Gasteiger partial charge in [0.2, 0.25) is 0 Å². The standard InChI is InChI=1S/C14H22N2O4/c1-14(2,3)20-13(18)16-11(8-15)10-6-5-9(19-4)7-12(10)17/h5-7,11,17H,8,15H2,1-4H3,(H,16,18). The van der Waals surface area contributed by atoms with Crippen molar-refractivity contribution in [1.82, 2.24) is 5.32 Å². The van der Waals surface area contributed by atoms with Crippen LogP contribution in [0.15, 0.2) is 18.2 Å². The molecule has 0 aliphatic carbocycles. The lowest BCUT2D eigenvalue weighted by Gasteiger charge is -2.23. The molecule has 1 amide bonds. The third-order valence-corrected chi connectivity index (χ3v) is 2.54. The predicted octanol–water partition coefficient (Wildman–Crippen LogP) is 1.93. The van der Waals surface area contributed by atoms with Gasteiger partial charge in [0.15, 0.2) is 0 Å². The summed E-state index contributed by atoms with van der Waals surface area (Å²) >= 11 is 0. The van der Waals surface area contributed by atoms with Crippen molar-refractivity contribution in [3.63, 3.8) is 0 Å². The van der Waals surface area contributed by atoms with Crippen LogP contribution in [0, 0.1) is 0 Å². The molecule has 0 saturated carbocycles. The molecule has 0 heterocycles. The van der Waals surface area contributed by atoms with Crippen LogP contribution in [0.1, 0.15) is 32.4 Å². The summed E-state index contributed by atoms with van der Waals surface area (Å²) in [7, 11) is 1.51. The number of amides is 1. The molecule has 0 fully saturated rings. The van der Waals surface area contributed by atoms with E-state index in [9.17, 15) is 9.90 Å². The van der Waals surface area contributed by atoms with Crippen LogP contribution < -0.4 is 15.8 Å². The van der Waals surface area contributed by atoms with Crippen molar-refractivity contribution in [3.05, 3.63) is 23.8 Å². The van der Waals surface area contributed by atoms with Crippen molar-refractivity contribution in [2.45, 2.75) is 32.4 Å². The van der Waals surface area contributed by atoms with Gasteiger partial charge in [-0.15, -0.1) is 0 Å². The molecule has 4 N–H and O–H groups in total. The molecule has 0 bridgehead atoms. The number of hydrogen-bond donors (Lipinski definition) is 3. The summed E-state index contributed by atoms with van der Waals surface area (Å²) in [5.41, 5.74) is 5.56. The zero-order valence-corrected chi connectivity index (χ0v) is 12.3. The highest BCUT2D eigenvalue weighted by atomic mass is 16.6. The second-order valence-electron chi connectivity index (χ2n) is 5.36. The maximum Gasteiger partial charge on any atom is 0.408 e. The fourth-order valence-electron chi connectivity index (χ4n) is 1.66. The summed E-state index contributed by atoms with van der Waals surface area (Å²) in [6, 6.07) is 4.28. The van der Waals surface area contributed by atoms with Crippen molar-refractivity contribution in [2.75, 3.05) is 13.7 Å². The van der Waals surface area contributed by atoms with Gasteiger partial charge in [0.1, 0.15) is 17.1 Å². The van der Waals surface area contributed by atoms with E-state index in [4.69, 9.17) is 15.2 Å². The normalized spacial score (nSPS) is 12.7. The number of benzene rings is 1.